The molecule has 39 heavy (non-hydrogen) atoms. The van der Waals surface area contributed by atoms with Crippen LogP contribution in [0.5, 0.6) is 0 Å². The number of primary amides is 1. The van der Waals surface area contributed by atoms with Gasteiger partial charge >= 0.3 is 6.03 Å². The zero-order chi connectivity index (χ0) is 27.6. The van der Waals surface area contributed by atoms with E-state index in [0.29, 0.717) is 30.3 Å². The average Bonchev–Trinajstić information content (AvgIpc) is 2.98. The van der Waals surface area contributed by atoms with Gasteiger partial charge in [0.2, 0.25) is 0 Å². The van der Waals surface area contributed by atoms with Crippen LogP contribution in [0.4, 0.5) is 16.2 Å². The zero-order valence-corrected chi connectivity index (χ0v) is 23.1. The number of rotatable bonds is 11. The fourth-order valence-corrected chi connectivity index (χ4v) is 5.41. The molecule has 0 aliphatic carbocycles. The number of piperidine rings is 1. The molecule has 3 aromatic carbocycles. The van der Waals surface area contributed by atoms with Crippen molar-refractivity contribution < 1.29 is 9.59 Å². The molecule has 1 fully saturated rings. The highest BCUT2D eigenvalue weighted by Gasteiger charge is 2.28. The molecule has 4 N–H and O–H groups in total. The summed E-state index contributed by atoms with van der Waals surface area (Å²) in [5.74, 6) is 0.208. The average molecular weight is 528 g/mol. The fraction of sp³-hybridized carbons (Fsp3) is 0.375. The zero-order valence-electron chi connectivity index (χ0n) is 23.1. The Kier molecular flexibility index (Phi) is 9.97. The normalized spacial score (nSPS) is 14.2. The summed E-state index contributed by atoms with van der Waals surface area (Å²) in [7, 11) is 1.81. The summed E-state index contributed by atoms with van der Waals surface area (Å²) in [5, 5.41) is 6.24. The number of carbonyl (C=O) groups excluding carboxylic acids is 2. The molecule has 1 aliphatic rings. The highest BCUT2D eigenvalue weighted by molar-refractivity contribution is 6.05. The maximum Gasteiger partial charge on any atom is 0.319 e. The van der Waals surface area contributed by atoms with Gasteiger partial charge in [-0.1, -0.05) is 74.0 Å². The second-order valence-electron chi connectivity index (χ2n) is 10.2. The minimum absolute atomic E-state index is 0.182. The lowest BCUT2D eigenvalue weighted by Gasteiger charge is -2.38. The largest absolute Gasteiger partial charge is 0.388 e. The molecule has 7 heteroatoms. The highest BCUT2D eigenvalue weighted by atomic mass is 16.2. The molecule has 1 saturated heterocycles. The number of nitrogens with one attached hydrogen (secondary N) is 2. The number of nitrogens with two attached hydrogens (primary N) is 1. The van der Waals surface area contributed by atoms with Gasteiger partial charge in [-0.05, 0) is 67.6 Å². The van der Waals surface area contributed by atoms with E-state index in [1.165, 1.54) is 16.0 Å². The minimum Gasteiger partial charge on any atom is -0.388 e. The first-order valence-electron chi connectivity index (χ1n) is 14.0. The number of anilines is 2. The van der Waals surface area contributed by atoms with Gasteiger partial charge in [0.1, 0.15) is 0 Å². The summed E-state index contributed by atoms with van der Waals surface area (Å²) in [4.78, 5) is 29.7. The topological polar surface area (TPSA) is 90.7 Å². The van der Waals surface area contributed by atoms with E-state index in [0.717, 1.165) is 44.5 Å². The van der Waals surface area contributed by atoms with E-state index in [2.05, 4.69) is 83.1 Å². The number of benzene rings is 3. The predicted octanol–water partition coefficient (Wildman–Crippen LogP) is 5.64. The first-order chi connectivity index (χ1) is 19.0. The Morgan fingerprint density at radius 1 is 0.974 bits per heavy atom. The molecule has 0 aromatic heterocycles. The van der Waals surface area contributed by atoms with Crippen molar-refractivity contribution in [2.75, 3.05) is 43.4 Å². The molecule has 3 amide bonds. The Morgan fingerprint density at radius 2 is 1.59 bits per heavy atom. The van der Waals surface area contributed by atoms with E-state index in [9.17, 15) is 9.59 Å². The lowest BCUT2D eigenvalue weighted by molar-refractivity contribution is 0.0931. The first kappa shape index (κ1) is 28.2. The van der Waals surface area contributed by atoms with Gasteiger partial charge < -0.3 is 16.4 Å². The van der Waals surface area contributed by atoms with Gasteiger partial charge in [0.25, 0.3) is 5.91 Å². The third kappa shape index (κ3) is 7.18. The van der Waals surface area contributed by atoms with E-state index in [-0.39, 0.29) is 11.9 Å². The molecule has 0 atom stereocenters. The van der Waals surface area contributed by atoms with Gasteiger partial charge in [-0.3, -0.25) is 14.6 Å². The monoisotopic (exact) mass is 527 g/mol. The Hall–Kier alpha value is -3.84. The summed E-state index contributed by atoms with van der Waals surface area (Å²) in [6, 6.07) is 26.5. The third-order valence-corrected chi connectivity index (χ3v) is 7.62. The van der Waals surface area contributed by atoms with Crippen LogP contribution in [0, 0.1) is 5.92 Å². The molecular formula is C32H41N5O2. The van der Waals surface area contributed by atoms with Crippen LogP contribution in [0.25, 0.3) is 0 Å². The van der Waals surface area contributed by atoms with Gasteiger partial charge in [0.05, 0.1) is 17.3 Å². The van der Waals surface area contributed by atoms with Crippen molar-refractivity contribution in [1.29, 1.82) is 0 Å². The van der Waals surface area contributed by atoms with Crippen molar-refractivity contribution >= 4 is 23.3 Å². The van der Waals surface area contributed by atoms with Crippen molar-refractivity contribution in [3.8, 4) is 0 Å². The van der Waals surface area contributed by atoms with E-state index in [4.69, 9.17) is 5.73 Å². The van der Waals surface area contributed by atoms with Crippen LogP contribution in [-0.2, 0) is 0 Å². The van der Waals surface area contributed by atoms with Crippen LogP contribution < -0.4 is 21.3 Å². The van der Waals surface area contributed by atoms with E-state index in [1.54, 1.807) is 12.1 Å². The van der Waals surface area contributed by atoms with E-state index >= 15 is 0 Å². The number of hydrogen-bond acceptors (Lipinski definition) is 4. The molecule has 0 saturated carbocycles. The predicted molar refractivity (Wildman–Crippen MR) is 159 cm³/mol. The van der Waals surface area contributed by atoms with Gasteiger partial charge in [-0.2, -0.15) is 0 Å². The van der Waals surface area contributed by atoms with Crippen molar-refractivity contribution in [1.82, 2.24) is 10.2 Å². The summed E-state index contributed by atoms with van der Waals surface area (Å²) in [6.45, 7) is 5.06. The van der Waals surface area contributed by atoms with Crippen molar-refractivity contribution in [2.45, 2.75) is 38.6 Å². The molecule has 206 valence electrons. The van der Waals surface area contributed by atoms with E-state index < -0.39 is 6.03 Å². The number of urea groups is 1. The second-order valence-corrected chi connectivity index (χ2v) is 10.2. The molecule has 1 heterocycles. The lowest BCUT2D eigenvalue weighted by Crippen LogP contribution is -2.41. The van der Waals surface area contributed by atoms with Crippen molar-refractivity contribution in [2.24, 2.45) is 11.7 Å². The van der Waals surface area contributed by atoms with Gasteiger partial charge in [-0.25, -0.2) is 4.79 Å². The number of amides is 3. The number of nitrogens with zero attached hydrogens (tertiary/aromatic N) is 2. The number of likely N-dealkylation sites (tertiary alicyclic amines) is 1. The van der Waals surface area contributed by atoms with Gasteiger partial charge in [0, 0.05) is 25.8 Å². The smallest absolute Gasteiger partial charge is 0.319 e. The molecule has 4 rings (SSSR count). The summed E-state index contributed by atoms with van der Waals surface area (Å²) in [5.41, 5.74) is 10.1. The van der Waals surface area contributed by atoms with Crippen LogP contribution >= 0.6 is 0 Å². The number of carbonyl (C=O) groups is 2. The molecular weight excluding hydrogens is 486 g/mol. The number of hydrogen-bond donors (Lipinski definition) is 3. The maximum atomic E-state index is 13.4. The second kappa shape index (κ2) is 13.8. The lowest BCUT2D eigenvalue weighted by atomic mass is 9.91. The molecule has 3 aromatic rings. The van der Waals surface area contributed by atoms with Crippen molar-refractivity contribution in [3.63, 3.8) is 0 Å². The minimum atomic E-state index is -0.548. The molecule has 7 nitrogen and oxygen atoms in total. The molecule has 0 bridgehead atoms. The van der Waals surface area contributed by atoms with Crippen LogP contribution in [0.2, 0.25) is 0 Å². The Labute approximate surface area is 232 Å². The Bertz CT molecular complexity index is 1170. The first-order valence-corrected chi connectivity index (χ1v) is 14.0. The summed E-state index contributed by atoms with van der Waals surface area (Å²) in [6.07, 6.45) is 3.74. The van der Waals surface area contributed by atoms with Crippen LogP contribution in [0.3, 0.4) is 0 Å². The molecule has 0 radical (unpaired) electrons. The number of unbranched alkanes of at least 4 members (excludes halogenated alkanes) is 1. The Balaban J connectivity index is 1.42. The molecule has 0 unspecified atom stereocenters. The van der Waals surface area contributed by atoms with Gasteiger partial charge in [0.15, 0.2) is 0 Å². The van der Waals surface area contributed by atoms with Crippen LogP contribution in [-0.4, -0.2) is 50.1 Å². The Morgan fingerprint density at radius 3 is 2.13 bits per heavy atom. The quantitative estimate of drug-likeness (QED) is 0.301. The summed E-state index contributed by atoms with van der Waals surface area (Å²) >= 11 is 0. The van der Waals surface area contributed by atoms with Gasteiger partial charge in [-0.15, -0.1) is 0 Å². The third-order valence-electron chi connectivity index (χ3n) is 7.62. The van der Waals surface area contributed by atoms with Crippen LogP contribution in [0.15, 0.2) is 78.9 Å². The maximum absolute atomic E-state index is 13.4. The standard InChI is InChI=1S/C32H41N5O2/c1-3-4-19-37(32(33)39)29-16-15-27(34-2)22-28(29)31(38)35-23-24-17-20-36(21-18-24)30(25-11-7-5-8-12-25)26-13-9-6-10-14-26/h5-16,22,24,30,34H,3-4,17-21,23H2,1-2H3,(H2,33,39)(H,35,38). The fourth-order valence-electron chi connectivity index (χ4n) is 5.41. The summed E-state index contributed by atoms with van der Waals surface area (Å²) < 4.78 is 0. The van der Waals surface area contributed by atoms with Crippen LogP contribution in [0.1, 0.15) is 60.1 Å². The SMILES string of the molecule is CCCCN(C(N)=O)c1ccc(NC)cc1C(=O)NCC1CCN(C(c2ccccc2)c2ccccc2)CC1. The van der Waals surface area contributed by atoms with Crippen molar-refractivity contribution in [3.05, 3.63) is 95.6 Å². The molecule has 0 spiro atoms. The van der Waals surface area contributed by atoms with E-state index in [1.807, 2.05) is 13.1 Å². The highest BCUT2D eigenvalue weighted by Crippen LogP contribution is 2.32. The molecule has 1 aliphatic heterocycles.